The lowest BCUT2D eigenvalue weighted by atomic mass is 10.1. The van der Waals surface area contributed by atoms with Crippen molar-refractivity contribution in [1.29, 1.82) is 5.26 Å². The van der Waals surface area contributed by atoms with E-state index in [4.69, 9.17) is 11.0 Å². The van der Waals surface area contributed by atoms with Gasteiger partial charge in [0.2, 0.25) is 5.91 Å². The molecular weight excluding hydrogens is 271 g/mol. The van der Waals surface area contributed by atoms with Crippen LogP contribution in [0.2, 0.25) is 0 Å². The Labute approximate surface area is 114 Å². The van der Waals surface area contributed by atoms with Crippen molar-refractivity contribution in [2.24, 2.45) is 5.73 Å². The molecule has 20 heavy (non-hydrogen) atoms. The molecule has 0 aromatic heterocycles. The van der Waals surface area contributed by atoms with Crippen LogP contribution in [0.5, 0.6) is 0 Å². The van der Waals surface area contributed by atoms with Gasteiger partial charge in [-0.2, -0.15) is 18.4 Å². The maximum Gasteiger partial charge on any atom is 0.416 e. The van der Waals surface area contributed by atoms with Crippen LogP contribution in [0.1, 0.15) is 30.9 Å². The number of nitrogens with one attached hydrogen (secondary N) is 1. The standard InChI is InChI=1S/C13H14F3N3O/c1-2-3-10(18)12(20)19-11-5-4-9(13(14,15)16)6-8(11)7-17/h4-6,10H,2-3,18H2,1H3,(H,19,20)/t10-/m0/s1. The zero-order valence-electron chi connectivity index (χ0n) is 10.8. The Bertz CT molecular complexity index is 535. The fraction of sp³-hybridized carbons (Fsp3) is 0.385. The second kappa shape index (κ2) is 6.39. The van der Waals surface area contributed by atoms with Crippen molar-refractivity contribution in [3.05, 3.63) is 29.3 Å². The number of carbonyl (C=O) groups is 1. The lowest BCUT2D eigenvalue weighted by Crippen LogP contribution is -2.35. The Balaban J connectivity index is 2.98. The second-order valence-electron chi connectivity index (χ2n) is 4.25. The molecule has 1 amide bonds. The average molecular weight is 285 g/mol. The predicted octanol–water partition coefficient (Wildman–Crippen LogP) is 2.64. The number of carbonyl (C=O) groups excluding carboxylic acids is 1. The molecule has 4 nitrogen and oxygen atoms in total. The van der Waals surface area contributed by atoms with Gasteiger partial charge in [0.1, 0.15) is 6.07 Å². The number of amides is 1. The Morgan fingerprint density at radius 1 is 1.50 bits per heavy atom. The molecule has 1 atom stereocenters. The first-order valence-corrected chi connectivity index (χ1v) is 5.97. The molecule has 0 aliphatic carbocycles. The SMILES string of the molecule is CCC[C@H](N)C(=O)Nc1ccc(C(F)(F)F)cc1C#N. The molecule has 0 saturated carbocycles. The highest BCUT2D eigenvalue weighted by molar-refractivity contribution is 5.95. The summed E-state index contributed by atoms with van der Waals surface area (Å²) in [7, 11) is 0. The summed E-state index contributed by atoms with van der Waals surface area (Å²) in [6.07, 6.45) is -3.38. The van der Waals surface area contributed by atoms with Crippen molar-refractivity contribution in [3.63, 3.8) is 0 Å². The van der Waals surface area contributed by atoms with Gasteiger partial charge in [-0.1, -0.05) is 13.3 Å². The minimum atomic E-state index is -4.53. The van der Waals surface area contributed by atoms with E-state index in [1.807, 2.05) is 6.92 Å². The highest BCUT2D eigenvalue weighted by atomic mass is 19.4. The van der Waals surface area contributed by atoms with Crippen molar-refractivity contribution in [3.8, 4) is 6.07 Å². The number of hydrogen-bond acceptors (Lipinski definition) is 3. The van der Waals surface area contributed by atoms with Gasteiger partial charge in [-0.25, -0.2) is 0 Å². The summed E-state index contributed by atoms with van der Waals surface area (Å²) in [6.45, 7) is 1.85. The van der Waals surface area contributed by atoms with Crippen LogP contribution in [-0.2, 0) is 11.0 Å². The van der Waals surface area contributed by atoms with E-state index in [0.29, 0.717) is 18.9 Å². The van der Waals surface area contributed by atoms with Gasteiger partial charge in [0, 0.05) is 0 Å². The van der Waals surface area contributed by atoms with E-state index < -0.39 is 23.7 Å². The van der Waals surface area contributed by atoms with Crippen LogP contribution < -0.4 is 11.1 Å². The number of alkyl halides is 3. The minimum absolute atomic E-state index is 0.0250. The summed E-state index contributed by atoms with van der Waals surface area (Å²) in [6, 6.07) is 3.43. The number of nitrogens with zero attached hydrogens (tertiary/aromatic N) is 1. The van der Waals surface area contributed by atoms with E-state index in [1.54, 1.807) is 6.07 Å². The molecule has 0 aliphatic rings. The third kappa shape index (κ3) is 3.96. The largest absolute Gasteiger partial charge is 0.416 e. The van der Waals surface area contributed by atoms with Crippen LogP contribution in [0.3, 0.4) is 0 Å². The fourth-order valence-corrected chi connectivity index (χ4v) is 1.59. The van der Waals surface area contributed by atoms with E-state index in [1.165, 1.54) is 0 Å². The first-order chi connectivity index (χ1) is 9.29. The van der Waals surface area contributed by atoms with Crippen molar-refractivity contribution in [2.75, 3.05) is 5.32 Å². The van der Waals surface area contributed by atoms with Crippen LogP contribution in [0, 0.1) is 11.3 Å². The lowest BCUT2D eigenvalue weighted by Gasteiger charge is -2.13. The van der Waals surface area contributed by atoms with Gasteiger partial charge in [0.05, 0.1) is 22.9 Å². The number of nitrogens with two attached hydrogens (primary N) is 1. The molecule has 1 aromatic carbocycles. The van der Waals surface area contributed by atoms with Crippen LogP contribution >= 0.6 is 0 Å². The minimum Gasteiger partial charge on any atom is -0.324 e. The Kier molecular flexibility index (Phi) is 5.11. The van der Waals surface area contributed by atoms with E-state index in [0.717, 1.165) is 12.1 Å². The number of benzene rings is 1. The third-order valence-electron chi connectivity index (χ3n) is 2.66. The van der Waals surface area contributed by atoms with Crippen LogP contribution in [0.4, 0.5) is 18.9 Å². The number of halogens is 3. The highest BCUT2D eigenvalue weighted by Gasteiger charge is 2.31. The van der Waals surface area contributed by atoms with Gasteiger partial charge in [-0.15, -0.1) is 0 Å². The maximum absolute atomic E-state index is 12.5. The summed E-state index contributed by atoms with van der Waals surface area (Å²) in [5, 5.41) is 11.2. The molecule has 0 unspecified atom stereocenters. The number of rotatable bonds is 4. The molecule has 0 radical (unpaired) electrons. The van der Waals surface area contributed by atoms with Crippen LogP contribution in [0.15, 0.2) is 18.2 Å². The fourth-order valence-electron chi connectivity index (χ4n) is 1.59. The second-order valence-corrected chi connectivity index (χ2v) is 4.25. The number of hydrogen-bond donors (Lipinski definition) is 2. The summed E-state index contributed by atoms with van der Waals surface area (Å²) >= 11 is 0. The number of nitriles is 1. The first-order valence-electron chi connectivity index (χ1n) is 5.97. The number of anilines is 1. The van der Waals surface area contributed by atoms with E-state index in [2.05, 4.69) is 5.32 Å². The molecule has 7 heteroatoms. The molecule has 0 spiro atoms. The Morgan fingerprint density at radius 2 is 2.15 bits per heavy atom. The van der Waals surface area contributed by atoms with Gasteiger partial charge in [-0.3, -0.25) is 4.79 Å². The summed E-state index contributed by atoms with van der Waals surface area (Å²) in [4.78, 5) is 11.7. The van der Waals surface area contributed by atoms with Gasteiger partial charge < -0.3 is 11.1 Å². The smallest absolute Gasteiger partial charge is 0.324 e. The monoisotopic (exact) mass is 285 g/mol. The molecule has 1 aromatic rings. The lowest BCUT2D eigenvalue weighted by molar-refractivity contribution is -0.137. The van der Waals surface area contributed by atoms with Crippen molar-refractivity contribution >= 4 is 11.6 Å². The van der Waals surface area contributed by atoms with Gasteiger partial charge in [-0.05, 0) is 24.6 Å². The summed E-state index contributed by atoms with van der Waals surface area (Å²) < 4.78 is 37.5. The molecule has 0 aliphatic heterocycles. The van der Waals surface area contributed by atoms with E-state index in [-0.39, 0.29) is 11.3 Å². The van der Waals surface area contributed by atoms with Crippen LogP contribution in [-0.4, -0.2) is 11.9 Å². The molecule has 0 saturated heterocycles. The first kappa shape index (κ1) is 16.0. The maximum atomic E-state index is 12.5. The molecule has 0 fully saturated rings. The topological polar surface area (TPSA) is 78.9 Å². The van der Waals surface area contributed by atoms with Crippen molar-refractivity contribution in [2.45, 2.75) is 32.0 Å². The molecule has 0 bridgehead atoms. The van der Waals surface area contributed by atoms with Gasteiger partial charge >= 0.3 is 6.18 Å². The quantitative estimate of drug-likeness (QED) is 0.892. The Hall–Kier alpha value is -2.07. The van der Waals surface area contributed by atoms with Crippen molar-refractivity contribution in [1.82, 2.24) is 0 Å². The molecule has 3 N–H and O–H groups in total. The predicted molar refractivity (Wildman–Crippen MR) is 67.7 cm³/mol. The van der Waals surface area contributed by atoms with Crippen molar-refractivity contribution < 1.29 is 18.0 Å². The summed E-state index contributed by atoms with van der Waals surface area (Å²) in [5.41, 5.74) is 4.42. The Morgan fingerprint density at radius 3 is 2.65 bits per heavy atom. The van der Waals surface area contributed by atoms with E-state index >= 15 is 0 Å². The van der Waals surface area contributed by atoms with Crippen LogP contribution in [0.25, 0.3) is 0 Å². The molecule has 1 rings (SSSR count). The zero-order chi connectivity index (χ0) is 15.3. The molecule has 108 valence electrons. The van der Waals surface area contributed by atoms with Gasteiger partial charge in [0.25, 0.3) is 0 Å². The van der Waals surface area contributed by atoms with E-state index in [9.17, 15) is 18.0 Å². The normalized spacial score (nSPS) is 12.6. The zero-order valence-corrected chi connectivity index (χ0v) is 10.8. The summed E-state index contributed by atoms with van der Waals surface area (Å²) in [5.74, 6) is -0.525. The van der Waals surface area contributed by atoms with Gasteiger partial charge in [0.15, 0.2) is 0 Å². The highest BCUT2D eigenvalue weighted by Crippen LogP contribution is 2.31. The molecule has 0 heterocycles. The average Bonchev–Trinajstić information content (AvgIpc) is 2.38. The molecular formula is C13H14F3N3O. The third-order valence-corrected chi connectivity index (χ3v) is 2.66.